The molecule has 2 rings (SSSR count). The molecule has 0 spiro atoms. The molecule has 40 heavy (non-hydrogen) atoms. The van der Waals surface area contributed by atoms with Gasteiger partial charge in [0.15, 0.2) is 0 Å². The van der Waals surface area contributed by atoms with Crippen molar-refractivity contribution in [2.24, 2.45) is 10.8 Å². The first-order valence-corrected chi connectivity index (χ1v) is 15.6. The smallest absolute Gasteiger partial charge is 0.0104 e. The van der Waals surface area contributed by atoms with E-state index in [0.717, 1.165) is 12.8 Å². The van der Waals surface area contributed by atoms with Crippen molar-refractivity contribution in [1.82, 2.24) is 0 Å². The molecular formula is C40H58. The van der Waals surface area contributed by atoms with E-state index in [9.17, 15) is 0 Å². The van der Waals surface area contributed by atoms with E-state index in [1.165, 1.54) is 66.4 Å². The van der Waals surface area contributed by atoms with Crippen LogP contribution in [0.4, 0.5) is 0 Å². The molecule has 0 nitrogen and oxygen atoms in total. The molecule has 0 saturated carbocycles. The van der Waals surface area contributed by atoms with Crippen LogP contribution in [0.3, 0.4) is 0 Å². The lowest BCUT2D eigenvalue weighted by atomic mass is 9.72. The zero-order valence-electron chi connectivity index (χ0n) is 27.6. The topological polar surface area (TPSA) is 0 Å². The van der Waals surface area contributed by atoms with Crippen LogP contribution in [0, 0.1) is 10.8 Å². The summed E-state index contributed by atoms with van der Waals surface area (Å²) in [4.78, 5) is 0. The van der Waals surface area contributed by atoms with Crippen molar-refractivity contribution in [2.75, 3.05) is 0 Å². The minimum absolute atomic E-state index is 0.295. The van der Waals surface area contributed by atoms with Crippen LogP contribution in [0.15, 0.2) is 117 Å². The van der Waals surface area contributed by atoms with Crippen LogP contribution in [0.5, 0.6) is 0 Å². The Hall–Kier alpha value is -2.60. The van der Waals surface area contributed by atoms with Gasteiger partial charge in [0.2, 0.25) is 0 Å². The van der Waals surface area contributed by atoms with Gasteiger partial charge in [-0.3, -0.25) is 0 Å². The van der Waals surface area contributed by atoms with Crippen LogP contribution < -0.4 is 0 Å². The third-order valence-electron chi connectivity index (χ3n) is 8.68. The maximum Gasteiger partial charge on any atom is -0.0104 e. The van der Waals surface area contributed by atoms with Crippen LogP contribution >= 0.6 is 0 Å². The number of rotatable bonds is 11. The lowest BCUT2D eigenvalue weighted by Crippen LogP contribution is -2.19. The van der Waals surface area contributed by atoms with Crippen LogP contribution in [-0.4, -0.2) is 0 Å². The van der Waals surface area contributed by atoms with E-state index in [1.54, 1.807) is 16.7 Å². The normalized spacial score (nSPS) is 21.8. The highest BCUT2D eigenvalue weighted by Gasteiger charge is 2.27. The summed E-state index contributed by atoms with van der Waals surface area (Å²) >= 11 is 0. The van der Waals surface area contributed by atoms with Crippen molar-refractivity contribution in [3.05, 3.63) is 117 Å². The zero-order chi connectivity index (χ0) is 29.8. The average Bonchev–Trinajstić information content (AvgIpc) is 2.85. The Morgan fingerprint density at radius 2 is 1.10 bits per heavy atom. The molecule has 0 heteroatoms. The molecule has 0 aromatic rings. The molecule has 0 N–H and O–H groups in total. The lowest BCUT2D eigenvalue weighted by Gasteiger charge is -2.33. The molecule has 2 aliphatic carbocycles. The first kappa shape index (κ1) is 33.6. The van der Waals surface area contributed by atoms with Gasteiger partial charge in [0, 0.05) is 0 Å². The molecule has 0 aromatic heterocycles. The van der Waals surface area contributed by atoms with Crippen LogP contribution in [-0.2, 0) is 0 Å². The molecule has 2 aliphatic rings. The molecule has 0 aromatic carbocycles. The molecule has 0 amide bonds. The van der Waals surface area contributed by atoms with Crippen molar-refractivity contribution in [3.8, 4) is 0 Å². The van der Waals surface area contributed by atoms with Gasteiger partial charge in [-0.1, -0.05) is 134 Å². The fraction of sp³-hybridized carbons (Fsp3) is 0.500. The Morgan fingerprint density at radius 3 is 1.65 bits per heavy atom. The van der Waals surface area contributed by atoms with Crippen molar-refractivity contribution in [1.29, 1.82) is 0 Å². The fourth-order valence-corrected chi connectivity index (χ4v) is 6.02. The minimum Gasteiger partial charge on any atom is -0.0813 e. The Kier molecular flexibility index (Phi) is 13.4. The van der Waals surface area contributed by atoms with Crippen molar-refractivity contribution >= 4 is 0 Å². The zero-order valence-corrected chi connectivity index (χ0v) is 27.6. The highest BCUT2D eigenvalue weighted by atomic mass is 14.3. The van der Waals surface area contributed by atoms with E-state index in [2.05, 4.69) is 142 Å². The lowest BCUT2D eigenvalue weighted by molar-refractivity contribution is 0.376. The van der Waals surface area contributed by atoms with Gasteiger partial charge >= 0.3 is 0 Å². The third kappa shape index (κ3) is 11.5. The van der Waals surface area contributed by atoms with Crippen molar-refractivity contribution in [3.63, 3.8) is 0 Å². The highest BCUT2D eigenvalue weighted by molar-refractivity contribution is 5.38. The summed E-state index contributed by atoms with van der Waals surface area (Å²) in [5.41, 5.74) is 12.1. The fourth-order valence-electron chi connectivity index (χ4n) is 6.02. The quantitative estimate of drug-likeness (QED) is 0.229. The van der Waals surface area contributed by atoms with Gasteiger partial charge in [0.1, 0.15) is 0 Å². The summed E-state index contributed by atoms with van der Waals surface area (Å²) in [5.74, 6) is 0. The molecule has 0 heterocycles. The first-order valence-electron chi connectivity index (χ1n) is 15.6. The van der Waals surface area contributed by atoms with Gasteiger partial charge in [-0.15, -0.1) is 0 Å². The van der Waals surface area contributed by atoms with E-state index >= 15 is 0 Å². The Morgan fingerprint density at radius 1 is 0.625 bits per heavy atom. The van der Waals surface area contributed by atoms with E-state index in [0.29, 0.717) is 10.8 Å². The van der Waals surface area contributed by atoms with Gasteiger partial charge < -0.3 is 0 Å². The highest BCUT2D eigenvalue weighted by Crippen LogP contribution is 2.41. The van der Waals surface area contributed by atoms with Crippen molar-refractivity contribution < 1.29 is 0 Å². The molecule has 0 atom stereocenters. The van der Waals surface area contributed by atoms with E-state index in [-0.39, 0.29) is 0 Å². The number of hydrogen-bond donors (Lipinski definition) is 0. The third-order valence-corrected chi connectivity index (χ3v) is 8.68. The van der Waals surface area contributed by atoms with Gasteiger partial charge in [-0.25, -0.2) is 0 Å². The van der Waals surface area contributed by atoms with Crippen molar-refractivity contribution in [2.45, 2.75) is 121 Å². The standard InChI is InChI=1S/C40H58/c1-31(19-13-21-33(3)25-27-37-35(5)23-15-29-39(37,7)8)17-11-12-18-32(2)20-14-22-34(4)26-28-38-36(6)24-16-30-40(38,9)10/h11-13,17-19,21-22,25-28H,14-16,20,23-24,29-30H2,1-10H3/b12-11+,19-13+,27-25+,28-26+,31-17+,32-18+,33-21+,34-22-. The average molecular weight is 539 g/mol. The number of hydrogen-bond acceptors (Lipinski definition) is 0. The molecule has 0 unspecified atom stereocenters. The van der Waals surface area contributed by atoms with Crippen LogP contribution in [0.2, 0.25) is 0 Å². The van der Waals surface area contributed by atoms with Gasteiger partial charge in [0.25, 0.3) is 0 Å². The maximum absolute atomic E-state index is 2.39. The second-order valence-corrected chi connectivity index (χ2v) is 13.6. The van der Waals surface area contributed by atoms with E-state index in [1.807, 2.05) is 0 Å². The first-order chi connectivity index (χ1) is 18.8. The number of allylic oxidation sites excluding steroid dienone is 20. The molecule has 218 valence electrons. The van der Waals surface area contributed by atoms with Crippen LogP contribution in [0.25, 0.3) is 0 Å². The van der Waals surface area contributed by atoms with E-state index in [4.69, 9.17) is 0 Å². The SMILES string of the molecule is CC1=C(/C=C/C(C)=C\CC/C(C)=C/C=C/C=C(C)/C=C/C=C(C)/C=C/C2=C(C)CCCC2(C)C)C(C)(C)CCC1. The Labute approximate surface area is 248 Å². The maximum atomic E-state index is 2.39. The second kappa shape index (κ2) is 16.0. The minimum atomic E-state index is 0.295. The summed E-state index contributed by atoms with van der Waals surface area (Å²) < 4.78 is 0. The monoisotopic (exact) mass is 538 g/mol. The largest absolute Gasteiger partial charge is 0.0813 e. The molecule has 0 radical (unpaired) electrons. The predicted octanol–water partition coefficient (Wildman–Crippen LogP) is 12.8. The van der Waals surface area contributed by atoms with Crippen LogP contribution in [0.1, 0.15) is 121 Å². The summed E-state index contributed by atoms with van der Waals surface area (Å²) in [6, 6.07) is 0. The van der Waals surface area contributed by atoms with Gasteiger partial charge in [-0.05, 0) is 115 Å². The molecule has 0 saturated heterocycles. The van der Waals surface area contributed by atoms with Gasteiger partial charge in [0.05, 0.1) is 0 Å². The van der Waals surface area contributed by atoms with Gasteiger partial charge in [-0.2, -0.15) is 0 Å². The summed E-state index contributed by atoms with van der Waals surface area (Å²) in [7, 11) is 0. The molecule has 0 bridgehead atoms. The predicted molar refractivity (Wildman–Crippen MR) is 181 cm³/mol. The molecule has 0 fully saturated rings. The summed E-state index contributed by atoms with van der Waals surface area (Å²) in [5, 5.41) is 0. The Bertz CT molecular complexity index is 1170. The molecule has 0 aliphatic heterocycles. The van der Waals surface area contributed by atoms with E-state index < -0.39 is 0 Å². The second-order valence-electron chi connectivity index (χ2n) is 13.6. The molecular weight excluding hydrogens is 480 g/mol. The Balaban J connectivity index is 1.83. The summed E-state index contributed by atoms with van der Waals surface area (Å²) in [6.45, 7) is 22.9. The summed E-state index contributed by atoms with van der Waals surface area (Å²) in [6.07, 6.45) is 36.8.